The molecule has 1 amide bonds. The minimum atomic E-state index is -4.62. The highest BCUT2D eigenvalue weighted by atomic mass is 19.4. The molecule has 2 aromatic rings. The van der Waals surface area contributed by atoms with E-state index in [1.165, 1.54) is 19.2 Å². The summed E-state index contributed by atoms with van der Waals surface area (Å²) in [7, 11) is 1.17. The summed E-state index contributed by atoms with van der Waals surface area (Å²) in [5, 5.41) is 0. The molecule has 2 unspecified atom stereocenters. The predicted molar refractivity (Wildman–Crippen MR) is 115 cm³/mol. The molecule has 2 fully saturated rings. The first kappa shape index (κ1) is 23.1. The maximum Gasteiger partial charge on any atom is 0.419 e. The van der Waals surface area contributed by atoms with Crippen molar-refractivity contribution in [3.63, 3.8) is 0 Å². The highest BCUT2D eigenvalue weighted by Crippen LogP contribution is 2.41. The molecule has 33 heavy (non-hydrogen) atoms. The van der Waals surface area contributed by atoms with Crippen LogP contribution in [-0.4, -0.2) is 36.0 Å². The van der Waals surface area contributed by atoms with Gasteiger partial charge in [0.2, 0.25) is 0 Å². The van der Waals surface area contributed by atoms with Crippen LogP contribution < -0.4 is 4.74 Å². The smallest absolute Gasteiger partial charge is 0.419 e. The van der Waals surface area contributed by atoms with Gasteiger partial charge in [-0.3, -0.25) is 4.79 Å². The van der Waals surface area contributed by atoms with Crippen LogP contribution in [0.1, 0.15) is 53.6 Å². The molecule has 0 aliphatic carbocycles. The topological polar surface area (TPSA) is 55.8 Å². The Labute approximate surface area is 190 Å². The van der Waals surface area contributed by atoms with Crippen molar-refractivity contribution in [2.45, 2.75) is 57.0 Å². The standard InChI is InChI=1S/C25H26F3NO4/c1-32-22-11-10-17(14-21(22)25(26,27)28)23(30)18-12-19-8-5-9-20(13-18)29(19)24(31)33-15-16-6-3-2-4-7-16/h2-4,6-7,10-11,14,18-20H,5,8-9,12-13,15H2,1H3. The van der Waals surface area contributed by atoms with Crippen LogP contribution >= 0.6 is 0 Å². The average Bonchev–Trinajstić information content (AvgIpc) is 2.81. The van der Waals surface area contributed by atoms with Crippen molar-refractivity contribution in [2.75, 3.05) is 7.11 Å². The van der Waals surface area contributed by atoms with Crippen LogP contribution in [0, 0.1) is 5.92 Å². The molecule has 2 bridgehead atoms. The number of nitrogens with zero attached hydrogens (tertiary/aromatic N) is 1. The summed E-state index contributed by atoms with van der Waals surface area (Å²) in [6, 6.07) is 12.5. The second-order valence-electron chi connectivity index (χ2n) is 8.63. The highest BCUT2D eigenvalue weighted by molar-refractivity contribution is 5.98. The molecule has 2 atom stereocenters. The van der Waals surface area contributed by atoms with Gasteiger partial charge in [-0.25, -0.2) is 4.79 Å². The fourth-order valence-corrected chi connectivity index (χ4v) is 5.01. The third-order valence-corrected chi connectivity index (χ3v) is 6.55. The Bertz CT molecular complexity index is 994. The van der Waals surface area contributed by atoms with Gasteiger partial charge in [-0.1, -0.05) is 30.3 Å². The lowest BCUT2D eigenvalue weighted by Gasteiger charge is -2.47. The number of hydrogen-bond acceptors (Lipinski definition) is 4. The van der Waals surface area contributed by atoms with Gasteiger partial charge in [-0.2, -0.15) is 13.2 Å². The Morgan fingerprint density at radius 3 is 2.30 bits per heavy atom. The van der Waals surface area contributed by atoms with E-state index in [0.29, 0.717) is 12.8 Å². The number of benzene rings is 2. The molecule has 2 heterocycles. The maximum atomic E-state index is 13.4. The number of rotatable bonds is 5. The van der Waals surface area contributed by atoms with E-state index < -0.39 is 23.8 Å². The van der Waals surface area contributed by atoms with E-state index in [4.69, 9.17) is 9.47 Å². The number of hydrogen-bond donors (Lipinski definition) is 0. The summed E-state index contributed by atoms with van der Waals surface area (Å²) in [6.45, 7) is 0.171. The summed E-state index contributed by atoms with van der Waals surface area (Å²) in [5.41, 5.74) is -0.0506. The highest BCUT2D eigenvalue weighted by Gasteiger charge is 2.44. The number of Topliss-reactive ketones (excluding diaryl/α,β-unsaturated/α-hetero) is 1. The minimum Gasteiger partial charge on any atom is -0.496 e. The third-order valence-electron chi connectivity index (χ3n) is 6.55. The molecule has 4 rings (SSSR count). The molecule has 0 radical (unpaired) electrons. The first-order valence-electron chi connectivity index (χ1n) is 11.1. The summed E-state index contributed by atoms with van der Waals surface area (Å²) in [5.74, 6) is -1.07. The maximum absolute atomic E-state index is 13.4. The van der Waals surface area contributed by atoms with Crippen LogP contribution in [0.5, 0.6) is 5.75 Å². The fourth-order valence-electron chi connectivity index (χ4n) is 5.01. The second-order valence-corrected chi connectivity index (χ2v) is 8.63. The van der Waals surface area contributed by atoms with Crippen molar-refractivity contribution in [3.8, 4) is 5.75 Å². The van der Waals surface area contributed by atoms with Crippen molar-refractivity contribution in [3.05, 3.63) is 65.2 Å². The quantitative estimate of drug-likeness (QED) is 0.523. The van der Waals surface area contributed by atoms with Crippen LogP contribution in [0.15, 0.2) is 48.5 Å². The van der Waals surface area contributed by atoms with E-state index in [1.54, 1.807) is 4.90 Å². The number of carbonyl (C=O) groups excluding carboxylic acids is 2. The normalized spacial score (nSPS) is 22.5. The molecule has 176 valence electrons. The molecule has 8 heteroatoms. The van der Waals surface area contributed by atoms with Gasteiger partial charge in [-0.15, -0.1) is 0 Å². The molecule has 2 aliphatic heterocycles. The molecule has 2 aromatic carbocycles. The molecule has 2 saturated heterocycles. The van der Waals surface area contributed by atoms with E-state index in [1.807, 2.05) is 30.3 Å². The number of fused-ring (bicyclic) bond motifs is 2. The van der Waals surface area contributed by atoms with Crippen molar-refractivity contribution in [1.29, 1.82) is 0 Å². The Hall–Kier alpha value is -3.03. The lowest BCUT2D eigenvalue weighted by atomic mass is 9.75. The number of ether oxygens (including phenoxy) is 2. The van der Waals surface area contributed by atoms with Crippen LogP contribution in [0.25, 0.3) is 0 Å². The van der Waals surface area contributed by atoms with Crippen LogP contribution in [-0.2, 0) is 17.5 Å². The second kappa shape index (κ2) is 9.45. The zero-order valence-electron chi connectivity index (χ0n) is 18.3. The Morgan fingerprint density at radius 1 is 1.03 bits per heavy atom. The van der Waals surface area contributed by atoms with Crippen LogP contribution in [0.3, 0.4) is 0 Å². The van der Waals surface area contributed by atoms with Gasteiger partial charge in [0.15, 0.2) is 5.78 Å². The average molecular weight is 461 g/mol. The number of halogens is 3. The Morgan fingerprint density at radius 2 is 1.70 bits per heavy atom. The molecule has 2 aliphatic rings. The molecule has 0 saturated carbocycles. The van der Waals surface area contributed by atoms with Crippen molar-refractivity contribution >= 4 is 11.9 Å². The zero-order chi connectivity index (χ0) is 23.6. The van der Waals surface area contributed by atoms with E-state index in [2.05, 4.69) is 0 Å². The summed E-state index contributed by atoms with van der Waals surface area (Å²) in [4.78, 5) is 27.7. The zero-order valence-corrected chi connectivity index (χ0v) is 18.3. The van der Waals surface area contributed by atoms with E-state index in [0.717, 1.165) is 30.9 Å². The summed E-state index contributed by atoms with van der Waals surface area (Å²) >= 11 is 0. The molecular formula is C25H26F3NO4. The first-order valence-corrected chi connectivity index (χ1v) is 11.1. The number of alkyl halides is 3. The van der Waals surface area contributed by atoms with Gasteiger partial charge in [-0.05, 0) is 55.9 Å². The van der Waals surface area contributed by atoms with Crippen molar-refractivity contribution in [1.82, 2.24) is 4.90 Å². The van der Waals surface area contributed by atoms with Crippen LogP contribution in [0.2, 0.25) is 0 Å². The fraction of sp³-hybridized carbons (Fsp3) is 0.440. The largest absolute Gasteiger partial charge is 0.496 e. The van der Waals surface area contributed by atoms with Crippen molar-refractivity contribution < 1.29 is 32.2 Å². The monoisotopic (exact) mass is 461 g/mol. The summed E-state index contributed by atoms with van der Waals surface area (Å²) in [6.07, 6.45) is -1.74. The molecule has 0 spiro atoms. The number of piperidine rings is 2. The van der Waals surface area contributed by atoms with Gasteiger partial charge >= 0.3 is 12.3 Å². The Kier molecular flexibility index (Phi) is 6.63. The molecule has 5 nitrogen and oxygen atoms in total. The molecular weight excluding hydrogens is 435 g/mol. The van der Waals surface area contributed by atoms with Crippen molar-refractivity contribution in [2.24, 2.45) is 5.92 Å². The van der Waals surface area contributed by atoms with E-state index in [9.17, 15) is 22.8 Å². The predicted octanol–water partition coefficient (Wildman–Crippen LogP) is 5.87. The molecule has 0 aromatic heterocycles. The van der Waals surface area contributed by atoms with E-state index >= 15 is 0 Å². The lowest BCUT2D eigenvalue weighted by Crippen LogP contribution is -2.55. The van der Waals surface area contributed by atoms with Gasteiger partial charge in [0, 0.05) is 23.6 Å². The summed E-state index contributed by atoms with van der Waals surface area (Å²) < 4.78 is 50.5. The van der Waals surface area contributed by atoms with Gasteiger partial charge in [0.05, 0.1) is 12.7 Å². The lowest BCUT2D eigenvalue weighted by molar-refractivity contribution is -0.138. The SMILES string of the molecule is COc1ccc(C(=O)C2CC3CCCC(C2)N3C(=O)OCc2ccccc2)cc1C(F)(F)F. The number of carbonyl (C=O) groups is 2. The number of amides is 1. The van der Waals surface area contributed by atoms with Gasteiger partial charge < -0.3 is 14.4 Å². The number of ketones is 1. The molecule has 0 N–H and O–H groups in total. The van der Waals surface area contributed by atoms with Gasteiger partial charge in [0.25, 0.3) is 0 Å². The van der Waals surface area contributed by atoms with Gasteiger partial charge in [0.1, 0.15) is 12.4 Å². The minimum absolute atomic E-state index is 0.0197. The van der Waals surface area contributed by atoms with Crippen LogP contribution in [0.4, 0.5) is 18.0 Å². The number of methoxy groups -OCH3 is 1. The Balaban J connectivity index is 1.47. The first-order chi connectivity index (χ1) is 15.8. The third kappa shape index (κ3) is 4.99. The van der Waals surface area contributed by atoms with E-state index in [-0.39, 0.29) is 35.8 Å².